The predicted molar refractivity (Wildman–Crippen MR) is 274 cm³/mol. The Hall–Kier alpha value is -7.04. The second-order valence-corrected chi connectivity index (χ2v) is 19.3. The van der Waals surface area contributed by atoms with Crippen molar-refractivity contribution in [2.24, 2.45) is 0 Å². The van der Waals surface area contributed by atoms with Crippen molar-refractivity contribution in [2.75, 3.05) is 0 Å². The van der Waals surface area contributed by atoms with Crippen LogP contribution in [0.2, 0.25) is 0 Å². The van der Waals surface area contributed by atoms with E-state index in [0.29, 0.717) is 11.4 Å². The largest absolute Gasteiger partial charge is 0.507 e. The van der Waals surface area contributed by atoms with Crippen LogP contribution in [0.1, 0.15) is 104 Å². The number of fused-ring (bicyclic) bond motifs is 1. The lowest BCUT2D eigenvalue weighted by Gasteiger charge is -2.23. The Kier molecular flexibility index (Phi) is 11.3. The van der Waals surface area contributed by atoms with E-state index in [2.05, 4.69) is 205 Å². The number of aromatic nitrogens is 3. The molecule has 65 heavy (non-hydrogen) atoms. The summed E-state index contributed by atoms with van der Waals surface area (Å²) in [6.45, 7) is 19.3. The molecule has 1 N–H and O–H groups in total. The molecule has 2 aromatic heterocycles. The third-order valence-electron chi connectivity index (χ3n) is 12.8. The predicted octanol–water partition coefficient (Wildman–Crippen LogP) is 16.8. The lowest BCUT2D eigenvalue weighted by molar-refractivity contribution is 0.466. The van der Waals surface area contributed by atoms with E-state index < -0.39 is 5.89 Å². The van der Waals surface area contributed by atoms with E-state index in [1.54, 1.807) is 0 Å². The molecular formula is C61H59N3O. The molecule has 0 fully saturated rings. The molecule has 7 aromatic carbocycles. The van der Waals surface area contributed by atoms with Crippen molar-refractivity contribution in [2.45, 2.75) is 85.5 Å². The molecule has 0 aliphatic heterocycles. The van der Waals surface area contributed by atoms with E-state index in [0.717, 1.165) is 89.2 Å². The smallest absolute Gasteiger partial charge is 0.149 e. The van der Waals surface area contributed by atoms with Gasteiger partial charge in [0.1, 0.15) is 11.6 Å². The molecule has 324 valence electrons. The first-order valence-electron chi connectivity index (χ1n) is 23.4. The first-order chi connectivity index (χ1) is 31.5. The van der Waals surface area contributed by atoms with Crippen LogP contribution in [-0.2, 0) is 5.41 Å². The quantitative estimate of drug-likeness (QED) is 0.149. The highest BCUT2D eigenvalue weighted by Crippen LogP contribution is 2.45. The molecule has 4 heteroatoms. The number of nitrogens with zero attached hydrogens (tertiary/aromatic N) is 3. The van der Waals surface area contributed by atoms with Gasteiger partial charge in [-0.1, -0.05) is 172 Å². The van der Waals surface area contributed by atoms with E-state index in [1.807, 2.05) is 32.2 Å². The molecular weight excluding hydrogens is 791 g/mol. The maximum absolute atomic E-state index is 12.3. The minimum atomic E-state index is -0.674. The van der Waals surface area contributed by atoms with Crippen LogP contribution >= 0.6 is 0 Å². The van der Waals surface area contributed by atoms with E-state index in [1.165, 1.54) is 5.56 Å². The van der Waals surface area contributed by atoms with Gasteiger partial charge >= 0.3 is 0 Å². The maximum atomic E-state index is 12.3. The summed E-state index contributed by atoms with van der Waals surface area (Å²) in [5.74, 6) is 0.614. The van der Waals surface area contributed by atoms with Crippen molar-refractivity contribution >= 4 is 11.0 Å². The van der Waals surface area contributed by atoms with Gasteiger partial charge in [-0.15, -0.1) is 0 Å². The van der Waals surface area contributed by atoms with Crippen LogP contribution in [0.4, 0.5) is 0 Å². The molecule has 0 spiro atoms. The molecule has 0 aliphatic carbocycles. The molecule has 2 heterocycles. The van der Waals surface area contributed by atoms with Crippen molar-refractivity contribution in [1.82, 2.24) is 14.5 Å². The van der Waals surface area contributed by atoms with E-state index in [9.17, 15) is 5.11 Å². The summed E-state index contributed by atoms with van der Waals surface area (Å²) in [6.07, 6.45) is 1.88. The fourth-order valence-electron chi connectivity index (χ4n) is 8.92. The number of benzene rings is 7. The number of para-hydroxylation sites is 1. The van der Waals surface area contributed by atoms with Gasteiger partial charge in [0, 0.05) is 24.3 Å². The second-order valence-electron chi connectivity index (χ2n) is 19.3. The number of imidazole rings is 1. The molecule has 0 unspecified atom stereocenters. The Morgan fingerprint density at radius 2 is 1.18 bits per heavy atom. The summed E-state index contributed by atoms with van der Waals surface area (Å²) < 4.78 is 10.8. The Morgan fingerprint density at radius 1 is 0.523 bits per heavy atom. The first-order valence-corrected chi connectivity index (χ1v) is 22.9. The van der Waals surface area contributed by atoms with Gasteiger partial charge in [-0.05, 0) is 133 Å². The fourth-order valence-corrected chi connectivity index (χ4v) is 8.92. The third-order valence-corrected chi connectivity index (χ3v) is 12.8. The van der Waals surface area contributed by atoms with E-state index >= 15 is 0 Å². The normalized spacial score (nSPS) is 12.3. The average molecular weight is 851 g/mol. The molecule has 9 aromatic rings. The Labute approximate surface area is 386 Å². The van der Waals surface area contributed by atoms with Gasteiger partial charge in [0.05, 0.1) is 28.0 Å². The van der Waals surface area contributed by atoms with Crippen LogP contribution in [0.3, 0.4) is 0 Å². The maximum Gasteiger partial charge on any atom is 0.149 e. The molecule has 0 saturated carbocycles. The van der Waals surface area contributed by atoms with Crippen molar-refractivity contribution in [3.63, 3.8) is 0 Å². The third kappa shape index (κ3) is 8.54. The highest BCUT2D eigenvalue weighted by atomic mass is 16.3. The number of rotatable bonds is 10. The standard InChI is InChI=1S/C61H59N3O/c1-38(2)41-23-25-43(26-24-41)45-29-30-62-55(36-45)49-32-47(42-17-12-10-13-18-42)31-48(33-49)51-21-16-22-57-58(51)63-60(54-35-46(39(3)4)34-52(40(5)6)59(54)65)64(57)56-28-27-50(61(7,8)9)37-53(56)44-19-14-11-15-20-44/h10-40,65H,1-9H3/i38D. The zero-order valence-corrected chi connectivity index (χ0v) is 39.1. The first kappa shape index (κ1) is 41.9. The Bertz CT molecular complexity index is 3200. The van der Waals surface area contributed by atoms with Crippen molar-refractivity contribution in [3.8, 4) is 78.6 Å². The number of phenols is 1. The van der Waals surface area contributed by atoms with Crippen LogP contribution in [-0.4, -0.2) is 19.6 Å². The SMILES string of the molecule is [2H]C(C)(C)c1ccc(-c2ccnc(-c3cc(-c4ccccc4)cc(-c4cccc5c4nc(-c4cc(C(C)C)cc(C(C)C)c4O)n5-c4ccc(C(C)(C)C)cc4-c4ccccc4)c3)c2)cc1. The molecule has 0 aliphatic rings. The average Bonchev–Trinajstić information content (AvgIpc) is 3.70. The van der Waals surface area contributed by atoms with Gasteiger partial charge in [0.25, 0.3) is 0 Å². The molecule has 4 nitrogen and oxygen atoms in total. The monoisotopic (exact) mass is 850 g/mol. The summed E-state index contributed by atoms with van der Waals surface area (Å²) in [6, 6.07) is 57.9. The number of hydrogen-bond donors (Lipinski definition) is 1. The second kappa shape index (κ2) is 17.5. The molecule has 0 bridgehead atoms. The number of aromatic hydroxyl groups is 1. The van der Waals surface area contributed by atoms with Crippen molar-refractivity contribution in [3.05, 3.63) is 192 Å². The summed E-state index contributed by atoms with van der Waals surface area (Å²) in [5, 5.41) is 12.3. The topological polar surface area (TPSA) is 50.9 Å². The summed E-state index contributed by atoms with van der Waals surface area (Å²) >= 11 is 0. The minimum Gasteiger partial charge on any atom is -0.507 e. The Morgan fingerprint density at radius 3 is 1.85 bits per heavy atom. The van der Waals surface area contributed by atoms with Gasteiger partial charge < -0.3 is 5.11 Å². The number of hydrogen-bond acceptors (Lipinski definition) is 3. The summed E-state index contributed by atoms with van der Waals surface area (Å²) in [7, 11) is 0. The minimum absolute atomic E-state index is 0.0784. The summed E-state index contributed by atoms with van der Waals surface area (Å²) in [4.78, 5) is 10.6. The van der Waals surface area contributed by atoms with E-state index in [4.69, 9.17) is 11.3 Å². The van der Waals surface area contributed by atoms with Crippen LogP contribution in [0, 0.1) is 0 Å². The van der Waals surface area contributed by atoms with Crippen LogP contribution in [0.5, 0.6) is 5.75 Å². The van der Waals surface area contributed by atoms with Gasteiger partial charge in [-0.3, -0.25) is 9.55 Å². The van der Waals surface area contributed by atoms with Crippen molar-refractivity contribution < 1.29 is 6.48 Å². The molecule has 0 radical (unpaired) electrons. The van der Waals surface area contributed by atoms with Gasteiger partial charge in [0.2, 0.25) is 0 Å². The lowest BCUT2D eigenvalue weighted by atomic mass is 9.85. The van der Waals surface area contributed by atoms with Gasteiger partial charge in [-0.25, -0.2) is 4.98 Å². The molecule has 0 saturated heterocycles. The van der Waals surface area contributed by atoms with Gasteiger partial charge in [0.15, 0.2) is 0 Å². The molecule has 0 amide bonds. The lowest BCUT2D eigenvalue weighted by Crippen LogP contribution is -2.12. The van der Waals surface area contributed by atoms with Crippen LogP contribution < -0.4 is 0 Å². The highest BCUT2D eigenvalue weighted by molar-refractivity contribution is 5.98. The summed E-state index contributed by atoms with van der Waals surface area (Å²) in [5.41, 5.74) is 18.0. The van der Waals surface area contributed by atoms with Gasteiger partial charge in [-0.2, -0.15) is 0 Å². The number of phenolic OH excluding ortho intramolecular Hbond substituents is 1. The molecule has 0 atom stereocenters. The van der Waals surface area contributed by atoms with Crippen molar-refractivity contribution in [1.29, 1.82) is 0 Å². The zero-order chi connectivity index (χ0) is 46.5. The zero-order valence-electron chi connectivity index (χ0n) is 40.1. The molecule has 9 rings (SSSR count). The van der Waals surface area contributed by atoms with E-state index in [-0.39, 0.29) is 23.0 Å². The highest BCUT2D eigenvalue weighted by Gasteiger charge is 2.26. The fraction of sp³-hybridized carbons (Fsp3) is 0.213. The Balaban J connectivity index is 1.32. The number of pyridine rings is 1. The van der Waals surface area contributed by atoms with Crippen LogP contribution in [0.25, 0.3) is 83.9 Å². The van der Waals surface area contributed by atoms with Crippen LogP contribution in [0.15, 0.2) is 170 Å².